The molecule has 20 heavy (non-hydrogen) atoms. The van der Waals surface area contributed by atoms with E-state index in [0.717, 1.165) is 13.0 Å². The lowest BCUT2D eigenvalue weighted by atomic mass is 10.1. The number of nitrogens with one attached hydrogen (secondary N) is 1. The second kappa shape index (κ2) is 8.98. The molecule has 0 saturated carbocycles. The van der Waals surface area contributed by atoms with Crippen molar-refractivity contribution < 1.29 is 0 Å². The summed E-state index contributed by atoms with van der Waals surface area (Å²) in [5.41, 5.74) is 2.76. The van der Waals surface area contributed by atoms with E-state index in [2.05, 4.69) is 72.2 Å². The first-order valence-electron chi connectivity index (χ1n) is 7.41. The highest BCUT2D eigenvalue weighted by molar-refractivity contribution is 5.15. The van der Waals surface area contributed by atoms with Crippen LogP contribution >= 0.6 is 0 Å². The van der Waals surface area contributed by atoms with Gasteiger partial charge in [-0.2, -0.15) is 0 Å². The monoisotopic (exact) mass is 265 g/mol. The number of hydrogen-bond donors (Lipinski definition) is 1. The van der Waals surface area contributed by atoms with Crippen LogP contribution in [0.4, 0.5) is 0 Å². The van der Waals surface area contributed by atoms with Gasteiger partial charge in [-0.15, -0.1) is 0 Å². The highest BCUT2D eigenvalue weighted by Crippen LogP contribution is 2.06. The molecule has 0 aliphatic heterocycles. The van der Waals surface area contributed by atoms with Gasteiger partial charge in [-0.3, -0.25) is 0 Å². The smallest absolute Gasteiger partial charge is 0.0395 e. The van der Waals surface area contributed by atoms with Crippen molar-refractivity contribution in [2.75, 3.05) is 0 Å². The maximum Gasteiger partial charge on any atom is 0.0395 e. The Balaban J connectivity index is 1.52. The maximum atomic E-state index is 3.33. The standard InChI is InChI=1S/C19H23N/c1(5-11-18-12-6-3-7-13-18)2-10-16-20-17-19-14-8-4-9-15-19/h3-4,6-10,12-16,20H,1-2,5,11,17H2. The van der Waals surface area contributed by atoms with E-state index >= 15 is 0 Å². The fourth-order valence-electron chi connectivity index (χ4n) is 2.18. The summed E-state index contributed by atoms with van der Waals surface area (Å²) in [7, 11) is 0. The van der Waals surface area contributed by atoms with Crippen LogP contribution in [0.2, 0.25) is 0 Å². The van der Waals surface area contributed by atoms with Gasteiger partial charge in [-0.05, 0) is 43.0 Å². The Morgan fingerprint density at radius 3 is 2.10 bits per heavy atom. The average molecular weight is 265 g/mol. The Bertz CT molecular complexity index is 488. The van der Waals surface area contributed by atoms with E-state index in [9.17, 15) is 0 Å². The Kier molecular flexibility index (Phi) is 6.46. The molecule has 0 amide bonds. The van der Waals surface area contributed by atoms with Gasteiger partial charge in [0.25, 0.3) is 0 Å². The molecule has 0 unspecified atom stereocenters. The molecular formula is C19H23N. The van der Waals surface area contributed by atoms with Crippen LogP contribution in [0.1, 0.15) is 30.4 Å². The van der Waals surface area contributed by atoms with Gasteiger partial charge in [0, 0.05) is 6.54 Å². The summed E-state index contributed by atoms with van der Waals surface area (Å²) in [6, 6.07) is 21.2. The minimum Gasteiger partial charge on any atom is -0.387 e. The van der Waals surface area contributed by atoms with Crippen molar-refractivity contribution in [1.29, 1.82) is 0 Å². The van der Waals surface area contributed by atoms with E-state index in [1.54, 1.807) is 0 Å². The largest absolute Gasteiger partial charge is 0.387 e. The van der Waals surface area contributed by atoms with Crippen LogP contribution in [0.3, 0.4) is 0 Å². The van der Waals surface area contributed by atoms with Crippen LogP contribution in [0.15, 0.2) is 72.9 Å². The molecule has 1 N–H and O–H groups in total. The molecule has 104 valence electrons. The number of aryl methyl sites for hydroxylation is 1. The highest BCUT2D eigenvalue weighted by atomic mass is 14.8. The molecule has 0 atom stereocenters. The number of allylic oxidation sites excluding steroid dienone is 1. The van der Waals surface area contributed by atoms with E-state index in [4.69, 9.17) is 0 Å². The lowest BCUT2D eigenvalue weighted by molar-refractivity contribution is 0.742. The molecule has 0 spiro atoms. The Morgan fingerprint density at radius 2 is 1.40 bits per heavy atom. The summed E-state index contributed by atoms with van der Waals surface area (Å²) >= 11 is 0. The molecule has 2 aromatic rings. The Morgan fingerprint density at radius 1 is 0.750 bits per heavy atom. The van der Waals surface area contributed by atoms with Gasteiger partial charge in [-0.25, -0.2) is 0 Å². The third-order valence-electron chi connectivity index (χ3n) is 3.31. The molecule has 2 rings (SSSR count). The normalized spacial score (nSPS) is 10.8. The van der Waals surface area contributed by atoms with E-state index in [1.807, 2.05) is 6.07 Å². The molecule has 1 nitrogen and oxygen atoms in total. The topological polar surface area (TPSA) is 12.0 Å². The van der Waals surface area contributed by atoms with E-state index in [1.165, 1.54) is 30.4 Å². The molecule has 0 bridgehead atoms. The summed E-state index contributed by atoms with van der Waals surface area (Å²) in [5.74, 6) is 0. The first-order chi connectivity index (χ1) is 9.95. The summed E-state index contributed by atoms with van der Waals surface area (Å²) in [6.07, 6.45) is 9.15. The summed E-state index contributed by atoms with van der Waals surface area (Å²) in [5, 5.41) is 3.33. The second-order valence-electron chi connectivity index (χ2n) is 5.00. The zero-order valence-electron chi connectivity index (χ0n) is 12.0. The van der Waals surface area contributed by atoms with Gasteiger partial charge in [0.15, 0.2) is 0 Å². The van der Waals surface area contributed by atoms with Crippen LogP contribution in [0.25, 0.3) is 0 Å². The number of unbranched alkanes of at least 4 members (excludes halogenated alkanes) is 2. The number of rotatable bonds is 8. The maximum absolute atomic E-state index is 3.33. The van der Waals surface area contributed by atoms with Gasteiger partial charge in [0.1, 0.15) is 0 Å². The van der Waals surface area contributed by atoms with Gasteiger partial charge >= 0.3 is 0 Å². The third kappa shape index (κ3) is 5.75. The molecule has 0 aromatic heterocycles. The summed E-state index contributed by atoms with van der Waals surface area (Å²) in [4.78, 5) is 0. The third-order valence-corrected chi connectivity index (χ3v) is 3.31. The SMILES string of the molecule is C(=CNCc1ccccc1)CCCCc1ccccc1. The molecule has 0 aliphatic rings. The highest BCUT2D eigenvalue weighted by Gasteiger charge is 1.91. The zero-order chi connectivity index (χ0) is 13.9. The van der Waals surface area contributed by atoms with E-state index in [-0.39, 0.29) is 0 Å². The molecule has 0 aliphatic carbocycles. The van der Waals surface area contributed by atoms with Gasteiger partial charge in [-0.1, -0.05) is 66.7 Å². The molecule has 0 fully saturated rings. The minimum atomic E-state index is 0.904. The van der Waals surface area contributed by atoms with Crippen molar-refractivity contribution >= 4 is 0 Å². The van der Waals surface area contributed by atoms with Crippen LogP contribution in [0, 0.1) is 0 Å². The quantitative estimate of drug-likeness (QED) is 0.682. The fraction of sp³-hybridized carbons (Fsp3) is 0.263. The predicted octanol–water partition coefficient (Wildman–Crippen LogP) is 4.70. The van der Waals surface area contributed by atoms with Crippen molar-refractivity contribution in [1.82, 2.24) is 5.32 Å². The summed E-state index contributed by atoms with van der Waals surface area (Å²) < 4.78 is 0. The Labute approximate surface area is 122 Å². The lowest BCUT2D eigenvalue weighted by Crippen LogP contribution is -2.03. The summed E-state index contributed by atoms with van der Waals surface area (Å²) in [6.45, 7) is 0.904. The Hall–Kier alpha value is -2.02. The molecule has 0 radical (unpaired) electrons. The van der Waals surface area contributed by atoms with Crippen molar-refractivity contribution in [3.63, 3.8) is 0 Å². The molecule has 0 saturated heterocycles. The number of hydrogen-bond acceptors (Lipinski definition) is 1. The van der Waals surface area contributed by atoms with Crippen molar-refractivity contribution in [3.8, 4) is 0 Å². The van der Waals surface area contributed by atoms with Crippen LogP contribution in [-0.2, 0) is 13.0 Å². The van der Waals surface area contributed by atoms with Crippen molar-refractivity contribution in [2.24, 2.45) is 0 Å². The molecular weight excluding hydrogens is 242 g/mol. The van der Waals surface area contributed by atoms with Gasteiger partial charge in [0.05, 0.1) is 0 Å². The predicted molar refractivity (Wildman–Crippen MR) is 86.4 cm³/mol. The van der Waals surface area contributed by atoms with Gasteiger partial charge < -0.3 is 5.32 Å². The van der Waals surface area contributed by atoms with Gasteiger partial charge in [0.2, 0.25) is 0 Å². The molecule has 0 heterocycles. The zero-order valence-corrected chi connectivity index (χ0v) is 12.0. The lowest BCUT2D eigenvalue weighted by Gasteiger charge is -2.01. The minimum absolute atomic E-state index is 0.904. The second-order valence-corrected chi connectivity index (χ2v) is 5.00. The van der Waals surface area contributed by atoms with Crippen molar-refractivity contribution in [2.45, 2.75) is 32.2 Å². The van der Waals surface area contributed by atoms with E-state index < -0.39 is 0 Å². The number of benzene rings is 2. The van der Waals surface area contributed by atoms with E-state index in [0.29, 0.717) is 0 Å². The van der Waals surface area contributed by atoms with Crippen molar-refractivity contribution in [3.05, 3.63) is 84.1 Å². The first-order valence-corrected chi connectivity index (χ1v) is 7.41. The molecule has 2 aromatic carbocycles. The molecule has 1 heteroatoms. The first kappa shape index (κ1) is 14.4. The van der Waals surface area contributed by atoms with Crippen LogP contribution < -0.4 is 5.32 Å². The van der Waals surface area contributed by atoms with Crippen LogP contribution in [-0.4, -0.2) is 0 Å². The fourth-order valence-corrected chi connectivity index (χ4v) is 2.18. The van der Waals surface area contributed by atoms with Crippen LogP contribution in [0.5, 0.6) is 0 Å². The average Bonchev–Trinajstić information content (AvgIpc) is 2.52.